The normalized spacial score (nSPS) is 29.5. The molecular weight excluding hydrogens is 258 g/mol. The lowest BCUT2D eigenvalue weighted by Crippen LogP contribution is -2.66. The molecule has 1 rings (SSSR count). The smallest absolute Gasteiger partial charge is 0.229 e. The number of nitrogens with zero attached hydrogens (tertiary/aromatic N) is 1. The quantitative estimate of drug-likeness (QED) is 0.737. The predicted octanol–water partition coefficient (Wildman–Crippen LogP) is 2.01. The zero-order valence-corrected chi connectivity index (χ0v) is 16.6. The van der Waals surface area contributed by atoms with Gasteiger partial charge in [-0.2, -0.15) is 0 Å². The van der Waals surface area contributed by atoms with Crippen molar-refractivity contribution >= 4 is 24.9 Å². The Hall–Kier alpha value is 0.571. The average molecular weight is 290 g/mol. The van der Waals surface area contributed by atoms with E-state index in [0.29, 0.717) is 12.1 Å². The highest BCUT2D eigenvalue weighted by Crippen LogP contribution is 2.31. The molecular formula is C12H31NOSi3. The fourth-order valence-corrected chi connectivity index (χ4v) is 32.1. The molecule has 0 radical (unpaired) electrons. The van der Waals surface area contributed by atoms with Crippen molar-refractivity contribution in [1.29, 1.82) is 0 Å². The summed E-state index contributed by atoms with van der Waals surface area (Å²) in [4.78, 5) is 0. The van der Waals surface area contributed by atoms with Gasteiger partial charge in [-0.05, 0) is 32.0 Å². The summed E-state index contributed by atoms with van der Waals surface area (Å²) in [5, 5.41) is 0. The Labute approximate surface area is 112 Å². The molecule has 0 aromatic carbocycles. The number of rotatable bonds is 3. The molecule has 0 N–H and O–H groups in total. The third-order valence-electron chi connectivity index (χ3n) is 3.61. The van der Waals surface area contributed by atoms with Gasteiger partial charge in [0.05, 0.1) is 8.55 Å². The molecule has 0 aromatic heterocycles. The fraction of sp³-hybridized carbons (Fsp3) is 1.00. The van der Waals surface area contributed by atoms with Gasteiger partial charge in [0, 0.05) is 13.2 Å². The maximum atomic E-state index is 6.56. The number of hydrogen-bond donors (Lipinski definition) is 0. The van der Waals surface area contributed by atoms with E-state index in [0.717, 1.165) is 0 Å². The molecule has 102 valence electrons. The molecule has 1 aliphatic heterocycles. The molecule has 0 bridgehead atoms. The van der Waals surface area contributed by atoms with Crippen LogP contribution in [0.2, 0.25) is 19.1 Å². The van der Waals surface area contributed by atoms with Gasteiger partial charge >= 0.3 is 0 Å². The zero-order chi connectivity index (χ0) is 13.4. The molecule has 0 aliphatic carbocycles. The highest BCUT2D eigenvalue weighted by Gasteiger charge is 2.44. The second-order valence-electron chi connectivity index (χ2n) is 7.51. The van der Waals surface area contributed by atoms with Gasteiger partial charge in [0.1, 0.15) is 0 Å². The van der Waals surface area contributed by atoms with Crippen molar-refractivity contribution in [3.63, 3.8) is 0 Å². The lowest BCUT2D eigenvalue weighted by molar-refractivity contribution is 0.0997. The molecule has 5 heteroatoms. The van der Waals surface area contributed by atoms with Gasteiger partial charge < -0.3 is 8.99 Å². The van der Waals surface area contributed by atoms with E-state index in [-0.39, 0.29) is 14.2 Å². The molecule has 1 heterocycles. The van der Waals surface area contributed by atoms with Crippen LogP contribution in [0.3, 0.4) is 0 Å². The highest BCUT2D eigenvalue weighted by molar-refractivity contribution is 7.46. The van der Waals surface area contributed by atoms with Crippen LogP contribution in [0.25, 0.3) is 0 Å². The van der Waals surface area contributed by atoms with Crippen LogP contribution in [0.15, 0.2) is 0 Å². The summed E-state index contributed by atoms with van der Waals surface area (Å²) in [6.07, 6.45) is 0. The van der Waals surface area contributed by atoms with Gasteiger partial charge in [0.15, 0.2) is 0 Å². The van der Waals surface area contributed by atoms with Crippen molar-refractivity contribution in [1.82, 2.24) is 4.57 Å². The first-order valence-corrected chi connectivity index (χ1v) is 16.8. The number of hydrogen-bond acceptors (Lipinski definition) is 2. The Morgan fingerprint density at radius 3 is 2.00 bits per heavy atom. The van der Waals surface area contributed by atoms with E-state index in [1.165, 1.54) is 6.04 Å². The van der Waals surface area contributed by atoms with Gasteiger partial charge in [-0.3, -0.25) is 0 Å². The SMILES string of the molecule is CC(C)N(C(C)C)[SiH]1OC(C)(C)C[Si](C)(C)[SiH2]1. The third kappa shape index (κ3) is 4.31. The second-order valence-corrected chi connectivity index (χ2v) is 27.1. The lowest BCUT2D eigenvalue weighted by atomic mass is 10.2. The summed E-state index contributed by atoms with van der Waals surface area (Å²) in [5.41, 5.74) is 0.153. The van der Waals surface area contributed by atoms with Gasteiger partial charge in [0.25, 0.3) is 0 Å². The van der Waals surface area contributed by atoms with E-state index < -0.39 is 16.3 Å². The summed E-state index contributed by atoms with van der Waals surface area (Å²) < 4.78 is 9.29. The minimum atomic E-state index is -1.07. The Morgan fingerprint density at radius 2 is 1.65 bits per heavy atom. The Morgan fingerprint density at radius 1 is 1.18 bits per heavy atom. The van der Waals surface area contributed by atoms with Gasteiger partial charge in [-0.15, -0.1) is 0 Å². The first-order chi connectivity index (χ1) is 7.54. The van der Waals surface area contributed by atoms with Crippen LogP contribution in [0.5, 0.6) is 0 Å². The van der Waals surface area contributed by atoms with Crippen molar-refractivity contribution in [3.05, 3.63) is 0 Å². The molecule has 2 nitrogen and oxygen atoms in total. The molecule has 0 spiro atoms. The lowest BCUT2D eigenvalue weighted by Gasteiger charge is -2.49. The fourth-order valence-electron chi connectivity index (χ4n) is 3.58. The molecule has 1 unspecified atom stereocenters. The molecule has 1 atom stereocenters. The third-order valence-corrected chi connectivity index (χ3v) is 29.6. The standard InChI is InChI=1S/C12H31NOSi3/c1-10(2)13(11(3)4)16-14-12(5,6)9-17(7,8)15-16/h10-11,16H,9,15H2,1-8H3. The van der Waals surface area contributed by atoms with Crippen molar-refractivity contribution in [2.24, 2.45) is 0 Å². The van der Waals surface area contributed by atoms with Crippen molar-refractivity contribution in [3.8, 4) is 0 Å². The Balaban J connectivity index is 2.89. The summed E-state index contributed by atoms with van der Waals surface area (Å²) in [5.74, 6) is 0. The van der Waals surface area contributed by atoms with Crippen LogP contribution < -0.4 is 0 Å². The van der Waals surface area contributed by atoms with Crippen molar-refractivity contribution in [2.75, 3.05) is 0 Å². The molecule has 0 saturated carbocycles. The average Bonchev–Trinajstić information content (AvgIpc) is 1.93. The van der Waals surface area contributed by atoms with Gasteiger partial charge in [-0.1, -0.05) is 40.8 Å². The van der Waals surface area contributed by atoms with Crippen LogP contribution in [-0.2, 0) is 4.43 Å². The van der Waals surface area contributed by atoms with E-state index in [9.17, 15) is 0 Å². The van der Waals surface area contributed by atoms with Crippen LogP contribution >= 0.6 is 0 Å². The highest BCUT2D eigenvalue weighted by atomic mass is 29.6. The minimum Gasteiger partial charge on any atom is -0.405 e. The Kier molecular flexibility index (Phi) is 4.86. The first-order valence-electron chi connectivity index (χ1n) is 6.99. The molecule has 17 heavy (non-hydrogen) atoms. The maximum absolute atomic E-state index is 6.56. The van der Waals surface area contributed by atoms with Crippen LogP contribution in [-0.4, -0.2) is 47.1 Å². The predicted molar refractivity (Wildman–Crippen MR) is 85.3 cm³/mol. The van der Waals surface area contributed by atoms with E-state index >= 15 is 0 Å². The van der Waals surface area contributed by atoms with Gasteiger partial charge in [-0.25, -0.2) is 0 Å². The first kappa shape index (κ1) is 15.6. The second kappa shape index (κ2) is 5.29. The topological polar surface area (TPSA) is 12.5 Å². The van der Waals surface area contributed by atoms with E-state index in [2.05, 4.69) is 59.2 Å². The van der Waals surface area contributed by atoms with Gasteiger partial charge in [0.2, 0.25) is 8.72 Å². The largest absolute Gasteiger partial charge is 0.405 e. The molecule has 1 fully saturated rings. The summed E-state index contributed by atoms with van der Waals surface area (Å²) in [7, 11) is -1.95. The molecule has 1 aliphatic rings. The van der Waals surface area contributed by atoms with Crippen LogP contribution in [0.4, 0.5) is 0 Å². The molecule has 1 saturated heterocycles. The summed E-state index contributed by atoms with van der Waals surface area (Å²) in [6, 6.07) is 2.68. The zero-order valence-electron chi connectivity index (χ0n) is 13.0. The minimum absolute atomic E-state index is 0.0300. The summed E-state index contributed by atoms with van der Waals surface area (Å²) in [6.45, 7) is 19.2. The molecule has 0 aromatic rings. The monoisotopic (exact) mass is 289 g/mol. The summed E-state index contributed by atoms with van der Waals surface area (Å²) >= 11 is 0. The van der Waals surface area contributed by atoms with Crippen LogP contribution in [0, 0.1) is 0 Å². The van der Waals surface area contributed by atoms with E-state index in [4.69, 9.17) is 4.43 Å². The van der Waals surface area contributed by atoms with Crippen molar-refractivity contribution < 1.29 is 4.43 Å². The van der Waals surface area contributed by atoms with Crippen molar-refractivity contribution in [2.45, 2.75) is 78.4 Å². The van der Waals surface area contributed by atoms with E-state index in [1.54, 1.807) is 0 Å². The Bertz CT molecular complexity index is 242. The van der Waals surface area contributed by atoms with Crippen LogP contribution in [0.1, 0.15) is 41.5 Å². The maximum Gasteiger partial charge on any atom is 0.229 e. The van der Waals surface area contributed by atoms with E-state index in [1.807, 2.05) is 0 Å². The molecule has 0 amide bonds.